The SMILES string of the molecule is CC1=C(C(=O)OCc2ccccc2)C(c2ccco2)n2nc(SCc3ccccc3)nc2N1. The molecule has 1 unspecified atom stereocenters. The van der Waals surface area contributed by atoms with Gasteiger partial charge < -0.3 is 14.5 Å². The Labute approximate surface area is 195 Å². The van der Waals surface area contributed by atoms with Crippen molar-refractivity contribution >= 4 is 23.7 Å². The van der Waals surface area contributed by atoms with E-state index in [1.165, 1.54) is 17.3 Å². The van der Waals surface area contributed by atoms with Crippen LogP contribution in [-0.4, -0.2) is 20.7 Å². The molecule has 0 aliphatic carbocycles. The quantitative estimate of drug-likeness (QED) is 0.301. The number of thioether (sulfide) groups is 1. The van der Waals surface area contributed by atoms with E-state index in [0.717, 1.165) is 11.3 Å². The van der Waals surface area contributed by atoms with E-state index in [0.29, 0.717) is 28.1 Å². The van der Waals surface area contributed by atoms with Crippen molar-refractivity contribution in [2.45, 2.75) is 30.5 Å². The minimum absolute atomic E-state index is 0.184. The summed E-state index contributed by atoms with van der Waals surface area (Å²) < 4.78 is 13.0. The third kappa shape index (κ3) is 4.56. The number of anilines is 1. The highest BCUT2D eigenvalue weighted by atomic mass is 32.2. The number of hydrogen-bond acceptors (Lipinski definition) is 7. The highest BCUT2D eigenvalue weighted by Gasteiger charge is 2.37. The van der Waals surface area contributed by atoms with Crippen molar-refractivity contribution in [3.8, 4) is 0 Å². The second-order valence-corrected chi connectivity index (χ2v) is 8.52. The Morgan fingerprint density at radius 1 is 1.06 bits per heavy atom. The number of furan rings is 1. The van der Waals surface area contributed by atoms with Gasteiger partial charge in [0.15, 0.2) is 0 Å². The van der Waals surface area contributed by atoms with Crippen molar-refractivity contribution in [2.75, 3.05) is 5.32 Å². The highest BCUT2D eigenvalue weighted by molar-refractivity contribution is 7.98. The summed E-state index contributed by atoms with van der Waals surface area (Å²) in [6.45, 7) is 2.02. The number of carbonyl (C=O) groups excluding carboxylic acids is 1. The monoisotopic (exact) mass is 458 g/mol. The van der Waals surface area contributed by atoms with Gasteiger partial charge in [-0.3, -0.25) is 0 Å². The molecular formula is C25H22N4O3S. The molecule has 0 spiro atoms. The predicted octanol–water partition coefficient (Wildman–Crippen LogP) is 5.20. The zero-order valence-corrected chi connectivity index (χ0v) is 18.8. The van der Waals surface area contributed by atoms with Crippen molar-refractivity contribution in [1.29, 1.82) is 0 Å². The molecule has 1 atom stereocenters. The van der Waals surface area contributed by atoms with Gasteiger partial charge in [-0.2, -0.15) is 4.98 Å². The highest BCUT2D eigenvalue weighted by Crippen LogP contribution is 2.37. The number of ether oxygens (including phenoxy) is 1. The zero-order valence-electron chi connectivity index (χ0n) is 18.0. The van der Waals surface area contributed by atoms with Gasteiger partial charge in [-0.05, 0) is 30.2 Å². The van der Waals surface area contributed by atoms with Crippen LogP contribution in [0.3, 0.4) is 0 Å². The molecule has 1 aliphatic heterocycles. The summed E-state index contributed by atoms with van der Waals surface area (Å²) in [5.41, 5.74) is 3.21. The van der Waals surface area contributed by atoms with Crippen molar-refractivity contribution in [1.82, 2.24) is 14.8 Å². The van der Waals surface area contributed by atoms with Gasteiger partial charge in [0.05, 0.1) is 11.8 Å². The van der Waals surface area contributed by atoms with Crippen molar-refractivity contribution < 1.29 is 13.9 Å². The number of fused-ring (bicyclic) bond motifs is 1. The molecule has 0 radical (unpaired) electrons. The second kappa shape index (κ2) is 9.38. The molecule has 7 nitrogen and oxygen atoms in total. The van der Waals surface area contributed by atoms with Gasteiger partial charge in [0.1, 0.15) is 18.4 Å². The molecule has 1 aliphatic rings. The number of nitrogens with zero attached hydrogens (tertiary/aromatic N) is 3. The number of benzene rings is 2. The fourth-order valence-corrected chi connectivity index (χ4v) is 4.47. The Morgan fingerprint density at radius 2 is 1.79 bits per heavy atom. The lowest BCUT2D eigenvalue weighted by molar-refractivity contribution is -0.140. The van der Waals surface area contributed by atoms with Gasteiger partial charge in [0, 0.05) is 11.4 Å². The molecule has 5 rings (SSSR count). The molecule has 3 heterocycles. The summed E-state index contributed by atoms with van der Waals surface area (Å²) in [6, 6.07) is 22.8. The van der Waals surface area contributed by atoms with Crippen LogP contribution in [0, 0.1) is 0 Å². The van der Waals surface area contributed by atoms with Gasteiger partial charge in [0.25, 0.3) is 0 Å². The van der Waals surface area contributed by atoms with Crippen molar-refractivity contribution in [3.05, 3.63) is 107 Å². The summed E-state index contributed by atoms with van der Waals surface area (Å²) in [5, 5.41) is 8.52. The first-order valence-electron chi connectivity index (χ1n) is 10.5. The Morgan fingerprint density at radius 3 is 2.48 bits per heavy atom. The molecular weight excluding hydrogens is 436 g/mol. The molecule has 33 heavy (non-hydrogen) atoms. The maximum Gasteiger partial charge on any atom is 0.338 e. The standard InChI is InChI=1S/C25H22N4O3S/c1-17-21(23(30)32-15-18-9-4-2-5-10-18)22(20-13-8-14-31-20)29-24(26-17)27-25(28-29)33-16-19-11-6-3-7-12-19/h2-14,22H,15-16H2,1H3,(H,26,27,28). The molecule has 1 N–H and O–H groups in total. The summed E-state index contributed by atoms with van der Waals surface area (Å²) in [6.07, 6.45) is 1.58. The number of hydrogen-bond donors (Lipinski definition) is 1. The van der Waals surface area contributed by atoms with E-state index in [4.69, 9.17) is 14.3 Å². The molecule has 0 saturated carbocycles. The van der Waals surface area contributed by atoms with E-state index in [9.17, 15) is 4.79 Å². The number of carbonyl (C=O) groups is 1. The minimum Gasteiger partial charge on any atom is -0.467 e. The summed E-state index contributed by atoms with van der Waals surface area (Å²) in [5.74, 6) is 1.47. The van der Waals surface area contributed by atoms with Gasteiger partial charge >= 0.3 is 5.97 Å². The van der Waals surface area contributed by atoms with E-state index in [2.05, 4.69) is 22.4 Å². The van der Waals surface area contributed by atoms with Crippen LogP contribution >= 0.6 is 11.8 Å². The number of esters is 1. The first kappa shape index (κ1) is 21.1. The lowest BCUT2D eigenvalue weighted by Crippen LogP contribution is -2.29. The minimum atomic E-state index is -0.571. The molecule has 4 aromatic rings. The maximum atomic E-state index is 13.2. The molecule has 0 amide bonds. The number of aromatic nitrogens is 3. The maximum absolute atomic E-state index is 13.2. The summed E-state index contributed by atoms with van der Waals surface area (Å²) in [4.78, 5) is 17.8. The summed E-state index contributed by atoms with van der Waals surface area (Å²) in [7, 11) is 0. The summed E-state index contributed by atoms with van der Waals surface area (Å²) >= 11 is 1.54. The van der Waals surface area contributed by atoms with Gasteiger partial charge in [-0.15, -0.1) is 5.10 Å². The molecule has 2 aromatic heterocycles. The Hall–Kier alpha value is -3.78. The van der Waals surface area contributed by atoms with Crippen LogP contribution in [0.5, 0.6) is 0 Å². The third-order valence-corrected chi connectivity index (χ3v) is 6.20. The van der Waals surface area contributed by atoms with Crippen molar-refractivity contribution in [2.24, 2.45) is 0 Å². The van der Waals surface area contributed by atoms with Crippen LogP contribution in [0.15, 0.2) is 99.9 Å². The van der Waals surface area contributed by atoms with E-state index in [1.807, 2.05) is 61.5 Å². The normalized spacial score (nSPS) is 15.1. The topological polar surface area (TPSA) is 82.2 Å². The second-order valence-electron chi connectivity index (χ2n) is 7.58. The fraction of sp³-hybridized carbons (Fsp3) is 0.160. The lowest BCUT2D eigenvalue weighted by atomic mass is 10.0. The van der Waals surface area contributed by atoms with E-state index in [-0.39, 0.29) is 6.61 Å². The van der Waals surface area contributed by atoms with E-state index < -0.39 is 12.0 Å². The third-order valence-electron chi connectivity index (χ3n) is 5.29. The zero-order chi connectivity index (χ0) is 22.6. The Balaban J connectivity index is 1.41. The van der Waals surface area contributed by atoms with Crippen molar-refractivity contribution in [3.63, 3.8) is 0 Å². The van der Waals surface area contributed by atoms with Gasteiger partial charge in [-0.1, -0.05) is 72.4 Å². The van der Waals surface area contributed by atoms with Crippen LogP contribution in [0.25, 0.3) is 0 Å². The van der Waals surface area contributed by atoms with E-state index in [1.54, 1.807) is 17.0 Å². The largest absolute Gasteiger partial charge is 0.467 e. The molecule has 0 bridgehead atoms. The van der Waals surface area contributed by atoms with Crippen LogP contribution in [-0.2, 0) is 21.9 Å². The average Bonchev–Trinajstić information content (AvgIpc) is 3.52. The average molecular weight is 459 g/mol. The molecule has 2 aromatic carbocycles. The number of rotatable bonds is 7. The van der Waals surface area contributed by atoms with Crippen LogP contribution in [0.4, 0.5) is 5.95 Å². The molecule has 0 fully saturated rings. The fourth-order valence-electron chi connectivity index (χ4n) is 3.69. The lowest BCUT2D eigenvalue weighted by Gasteiger charge is -2.26. The van der Waals surface area contributed by atoms with Gasteiger partial charge in [-0.25, -0.2) is 9.48 Å². The number of allylic oxidation sites excluding steroid dienone is 1. The van der Waals surface area contributed by atoms with Gasteiger partial charge in [0.2, 0.25) is 11.1 Å². The number of nitrogens with one attached hydrogen (secondary N) is 1. The Kier molecular flexibility index (Phi) is 5.99. The smallest absolute Gasteiger partial charge is 0.338 e. The van der Waals surface area contributed by atoms with Crippen LogP contribution in [0.1, 0.15) is 29.9 Å². The molecule has 8 heteroatoms. The van der Waals surface area contributed by atoms with E-state index >= 15 is 0 Å². The predicted molar refractivity (Wildman–Crippen MR) is 125 cm³/mol. The first-order chi connectivity index (χ1) is 16.2. The Bertz CT molecular complexity index is 1270. The van der Waals surface area contributed by atoms with Crippen LogP contribution in [0.2, 0.25) is 0 Å². The molecule has 0 saturated heterocycles. The van der Waals surface area contributed by atoms with Crippen LogP contribution < -0.4 is 5.32 Å². The first-order valence-corrected chi connectivity index (χ1v) is 11.5. The molecule has 166 valence electrons.